The Morgan fingerprint density at radius 3 is 2.57 bits per heavy atom. The summed E-state index contributed by atoms with van der Waals surface area (Å²) in [5.41, 5.74) is 4.19. The van der Waals surface area contributed by atoms with E-state index in [1.807, 2.05) is 45.9 Å². The molecule has 154 valence electrons. The van der Waals surface area contributed by atoms with Crippen LogP contribution in [0.15, 0.2) is 59.5 Å². The third-order valence-corrected chi connectivity index (χ3v) is 6.32. The number of piperidine rings is 1. The van der Waals surface area contributed by atoms with Crippen LogP contribution in [-0.4, -0.2) is 38.4 Å². The second-order valence-electron chi connectivity index (χ2n) is 8.14. The third kappa shape index (κ3) is 3.43. The van der Waals surface area contributed by atoms with Crippen LogP contribution in [0.2, 0.25) is 0 Å². The number of carbonyl (C=O) groups excluding carboxylic acids is 1. The van der Waals surface area contributed by atoms with Gasteiger partial charge in [0, 0.05) is 42.7 Å². The maximum Gasteiger partial charge on any atom is 0.326 e. The molecule has 0 aliphatic carbocycles. The fraction of sp³-hybridized carbons (Fsp3) is 0.333. The summed E-state index contributed by atoms with van der Waals surface area (Å²) in [6, 6.07) is 16.2. The molecule has 30 heavy (non-hydrogen) atoms. The molecule has 2 aromatic carbocycles. The number of aromatic nitrogens is 3. The molecule has 5 rings (SSSR count). The summed E-state index contributed by atoms with van der Waals surface area (Å²) >= 11 is 0. The molecule has 0 saturated carbocycles. The number of rotatable bonds is 5. The highest BCUT2D eigenvalue weighted by molar-refractivity contribution is 5.83. The molecule has 1 aliphatic heterocycles. The highest BCUT2D eigenvalue weighted by Gasteiger charge is 2.25. The SMILES string of the molecule is O=C(CCCc1c[nH]c2ccccc12)N1CCC(n2c(=O)[nH]c3ccccc32)CC1. The summed E-state index contributed by atoms with van der Waals surface area (Å²) in [6.45, 7) is 1.42. The van der Waals surface area contributed by atoms with Crippen molar-refractivity contribution >= 4 is 27.8 Å². The van der Waals surface area contributed by atoms with Crippen LogP contribution in [0, 0.1) is 0 Å². The lowest BCUT2D eigenvalue weighted by Gasteiger charge is -2.32. The van der Waals surface area contributed by atoms with Gasteiger partial charge >= 0.3 is 5.69 Å². The topological polar surface area (TPSA) is 73.9 Å². The molecule has 1 amide bonds. The van der Waals surface area contributed by atoms with E-state index in [-0.39, 0.29) is 17.6 Å². The van der Waals surface area contributed by atoms with E-state index in [1.54, 1.807) is 0 Å². The molecule has 1 fully saturated rings. The summed E-state index contributed by atoms with van der Waals surface area (Å²) < 4.78 is 1.87. The van der Waals surface area contributed by atoms with Gasteiger partial charge in [0.2, 0.25) is 5.91 Å². The highest BCUT2D eigenvalue weighted by Crippen LogP contribution is 2.25. The second kappa shape index (κ2) is 7.86. The minimum Gasteiger partial charge on any atom is -0.361 e. The van der Waals surface area contributed by atoms with Gasteiger partial charge in [-0.1, -0.05) is 30.3 Å². The monoisotopic (exact) mass is 402 g/mol. The van der Waals surface area contributed by atoms with Crippen LogP contribution >= 0.6 is 0 Å². The van der Waals surface area contributed by atoms with E-state index in [4.69, 9.17) is 0 Å². The Bertz CT molecular complexity index is 1240. The average Bonchev–Trinajstić information content (AvgIpc) is 3.34. The van der Waals surface area contributed by atoms with Crippen molar-refractivity contribution in [2.75, 3.05) is 13.1 Å². The maximum atomic E-state index is 12.7. The lowest BCUT2D eigenvalue weighted by Crippen LogP contribution is -2.40. The van der Waals surface area contributed by atoms with Crippen molar-refractivity contribution in [2.45, 2.75) is 38.1 Å². The van der Waals surface area contributed by atoms with E-state index in [0.29, 0.717) is 19.5 Å². The molecule has 0 radical (unpaired) electrons. The molecule has 0 spiro atoms. The first-order valence-electron chi connectivity index (χ1n) is 10.7. The van der Waals surface area contributed by atoms with Gasteiger partial charge in [-0.25, -0.2) is 4.79 Å². The number of benzene rings is 2. The minimum absolute atomic E-state index is 0.0558. The number of amides is 1. The smallest absolute Gasteiger partial charge is 0.326 e. The van der Waals surface area contributed by atoms with E-state index in [0.717, 1.165) is 42.2 Å². The third-order valence-electron chi connectivity index (χ3n) is 6.32. The number of hydrogen-bond donors (Lipinski definition) is 2. The Morgan fingerprint density at radius 2 is 1.73 bits per heavy atom. The van der Waals surface area contributed by atoms with Crippen molar-refractivity contribution in [2.24, 2.45) is 0 Å². The number of aromatic amines is 2. The number of imidazole rings is 1. The maximum absolute atomic E-state index is 12.7. The first kappa shape index (κ1) is 18.7. The predicted octanol–water partition coefficient (Wildman–Crippen LogP) is 4.00. The fourth-order valence-corrected chi connectivity index (χ4v) is 4.74. The van der Waals surface area contributed by atoms with Crippen molar-refractivity contribution in [3.05, 3.63) is 70.8 Å². The van der Waals surface area contributed by atoms with Crippen molar-refractivity contribution in [3.63, 3.8) is 0 Å². The number of nitrogens with zero attached hydrogens (tertiary/aromatic N) is 2. The summed E-state index contributed by atoms with van der Waals surface area (Å²) in [7, 11) is 0. The van der Waals surface area contributed by atoms with Crippen molar-refractivity contribution < 1.29 is 4.79 Å². The standard InChI is InChI=1S/C24H26N4O2/c29-23(11-5-6-17-16-25-20-8-2-1-7-19(17)20)27-14-12-18(13-15-27)28-22-10-4-3-9-21(22)26-24(28)30/h1-4,7-10,16,18,25H,5-6,11-15H2,(H,26,30). The molecule has 2 N–H and O–H groups in total. The number of likely N-dealkylation sites (tertiary alicyclic amines) is 1. The van der Waals surface area contributed by atoms with Crippen LogP contribution in [0.25, 0.3) is 21.9 Å². The number of aryl methyl sites for hydroxylation is 1. The molecule has 3 heterocycles. The Morgan fingerprint density at radius 1 is 1.00 bits per heavy atom. The zero-order valence-electron chi connectivity index (χ0n) is 16.9. The van der Waals surface area contributed by atoms with Gasteiger partial charge in [0.15, 0.2) is 0 Å². The van der Waals surface area contributed by atoms with Gasteiger partial charge in [-0.2, -0.15) is 0 Å². The van der Waals surface area contributed by atoms with Crippen LogP contribution in [0.5, 0.6) is 0 Å². The normalized spacial score (nSPS) is 15.3. The summed E-state index contributed by atoms with van der Waals surface area (Å²) in [5, 5.41) is 1.25. The van der Waals surface area contributed by atoms with Gasteiger partial charge in [-0.3, -0.25) is 9.36 Å². The highest BCUT2D eigenvalue weighted by atomic mass is 16.2. The fourth-order valence-electron chi connectivity index (χ4n) is 4.74. The van der Waals surface area contributed by atoms with Gasteiger partial charge in [0.1, 0.15) is 0 Å². The number of H-pyrrole nitrogens is 2. The Kier molecular flexibility index (Phi) is 4.91. The van der Waals surface area contributed by atoms with E-state index in [1.165, 1.54) is 10.9 Å². The predicted molar refractivity (Wildman–Crippen MR) is 119 cm³/mol. The molecule has 0 bridgehead atoms. The Hall–Kier alpha value is -3.28. The molecule has 1 aliphatic rings. The van der Waals surface area contributed by atoms with Crippen LogP contribution in [0.3, 0.4) is 0 Å². The second-order valence-corrected chi connectivity index (χ2v) is 8.14. The van der Waals surface area contributed by atoms with Gasteiger partial charge in [0.25, 0.3) is 0 Å². The van der Waals surface area contributed by atoms with E-state index < -0.39 is 0 Å². The molecule has 0 atom stereocenters. The summed E-state index contributed by atoms with van der Waals surface area (Å²) in [5.74, 6) is 0.222. The Balaban J connectivity index is 1.17. The molecule has 6 nitrogen and oxygen atoms in total. The molecule has 6 heteroatoms. The molecule has 4 aromatic rings. The van der Waals surface area contributed by atoms with E-state index in [2.05, 4.69) is 28.3 Å². The lowest BCUT2D eigenvalue weighted by atomic mass is 10.0. The molecular weight excluding hydrogens is 376 g/mol. The number of hydrogen-bond acceptors (Lipinski definition) is 2. The number of carbonyl (C=O) groups is 1. The van der Waals surface area contributed by atoms with Gasteiger partial charge in [-0.15, -0.1) is 0 Å². The van der Waals surface area contributed by atoms with Crippen molar-refractivity contribution in [1.29, 1.82) is 0 Å². The zero-order chi connectivity index (χ0) is 20.5. The minimum atomic E-state index is -0.0558. The van der Waals surface area contributed by atoms with Gasteiger partial charge < -0.3 is 14.9 Å². The summed E-state index contributed by atoms with van der Waals surface area (Å²) in [6.07, 6.45) is 6.00. The van der Waals surface area contributed by atoms with E-state index >= 15 is 0 Å². The lowest BCUT2D eigenvalue weighted by molar-refractivity contribution is -0.132. The largest absolute Gasteiger partial charge is 0.361 e. The Labute approximate surface area is 174 Å². The molecular formula is C24H26N4O2. The van der Waals surface area contributed by atoms with Crippen molar-refractivity contribution in [3.8, 4) is 0 Å². The number of nitrogens with one attached hydrogen (secondary N) is 2. The average molecular weight is 402 g/mol. The molecule has 2 aromatic heterocycles. The molecule has 0 unspecified atom stereocenters. The van der Waals surface area contributed by atoms with Crippen molar-refractivity contribution in [1.82, 2.24) is 19.4 Å². The van der Waals surface area contributed by atoms with E-state index in [9.17, 15) is 9.59 Å². The van der Waals surface area contributed by atoms with Gasteiger partial charge in [-0.05, 0) is 49.4 Å². The molecule has 1 saturated heterocycles. The number of para-hydroxylation sites is 3. The summed E-state index contributed by atoms with van der Waals surface area (Å²) in [4.78, 5) is 33.3. The van der Waals surface area contributed by atoms with Crippen LogP contribution in [0.1, 0.15) is 37.3 Å². The quantitative estimate of drug-likeness (QED) is 0.530. The van der Waals surface area contributed by atoms with Crippen LogP contribution in [0.4, 0.5) is 0 Å². The first-order chi connectivity index (χ1) is 14.7. The van der Waals surface area contributed by atoms with Crippen LogP contribution in [-0.2, 0) is 11.2 Å². The zero-order valence-corrected chi connectivity index (χ0v) is 16.9. The first-order valence-corrected chi connectivity index (χ1v) is 10.7. The van der Waals surface area contributed by atoms with Gasteiger partial charge in [0.05, 0.1) is 11.0 Å². The van der Waals surface area contributed by atoms with Crippen LogP contribution < -0.4 is 5.69 Å². The number of fused-ring (bicyclic) bond motifs is 2.